The van der Waals surface area contributed by atoms with Crippen molar-refractivity contribution in [1.82, 2.24) is 4.90 Å². The summed E-state index contributed by atoms with van der Waals surface area (Å²) in [6.07, 6.45) is 0.750. The quantitative estimate of drug-likeness (QED) is 0.477. The summed E-state index contributed by atoms with van der Waals surface area (Å²) < 4.78 is 0. The summed E-state index contributed by atoms with van der Waals surface area (Å²) in [5.74, 6) is 0. The Morgan fingerprint density at radius 1 is 1.06 bits per heavy atom. The first-order chi connectivity index (χ1) is 8.31. The van der Waals surface area contributed by atoms with Gasteiger partial charge < -0.3 is 4.90 Å². The molecule has 1 amide bonds. The van der Waals surface area contributed by atoms with Crippen molar-refractivity contribution >= 4 is 40.1 Å². The second kappa shape index (κ2) is 12.1. The molecular weight excluding hydrogens is 277 g/mol. The molecule has 0 unspecified atom stereocenters. The van der Waals surface area contributed by atoms with Crippen molar-refractivity contribution in [3.8, 4) is 0 Å². The van der Waals surface area contributed by atoms with E-state index in [9.17, 15) is 14.4 Å². The van der Waals surface area contributed by atoms with Gasteiger partial charge in [0.25, 0.3) is 0 Å². The van der Waals surface area contributed by atoms with Crippen molar-refractivity contribution in [3.63, 3.8) is 0 Å². The van der Waals surface area contributed by atoms with E-state index in [1.54, 1.807) is 14.1 Å². The van der Waals surface area contributed by atoms with E-state index >= 15 is 0 Å². The van der Waals surface area contributed by atoms with E-state index in [0.717, 1.165) is 6.41 Å². The number of carbonyl (C=O) groups excluding carboxylic acids is 3. The number of hydrogen-bond donors (Lipinski definition) is 0. The van der Waals surface area contributed by atoms with E-state index in [4.69, 9.17) is 0 Å². The van der Waals surface area contributed by atoms with E-state index in [2.05, 4.69) is 42.3 Å². The molecule has 0 saturated heterocycles. The predicted octanol–water partition coefficient (Wildman–Crippen LogP) is 2.22. The van der Waals surface area contributed by atoms with Crippen LogP contribution in [0, 0.1) is 6.92 Å². The standard InChI is InChI=1S/C7H8.C3H7NO.C2Cl2O2/c1-7-5-3-2-4-6-7;1-4(2)3-5;3-1(5)2(4)6/h2-6H,1H3;3H,1-2H3;. The van der Waals surface area contributed by atoms with Gasteiger partial charge in [0.1, 0.15) is 0 Å². The molecule has 0 aliphatic carbocycles. The number of carbonyl (C=O) groups is 3. The van der Waals surface area contributed by atoms with Crippen LogP contribution >= 0.6 is 23.2 Å². The van der Waals surface area contributed by atoms with Crippen molar-refractivity contribution in [1.29, 1.82) is 0 Å². The zero-order chi connectivity index (χ0) is 14.6. The molecule has 100 valence electrons. The van der Waals surface area contributed by atoms with E-state index in [-0.39, 0.29) is 0 Å². The van der Waals surface area contributed by atoms with Crippen LogP contribution < -0.4 is 0 Å². The van der Waals surface area contributed by atoms with Gasteiger partial charge in [-0.25, -0.2) is 0 Å². The second-order valence-electron chi connectivity index (χ2n) is 3.27. The van der Waals surface area contributed by atoms with Crippen LogP contribution in [0.25, 0.3) is 0 Å². The molecule has 18 heavy (non-hydrogen) atoms. The van der Waals surface area contributed by atoms with Crippen LogP contribution in [0.15, 0.2) is 30.3 Å². The Morgan fingerprint density at radius 3 is 1.50 bits per heavy atom. The third kappa shape index (κ3) is 17.0. The van der Waals surface area contributed by atoms with Crippen molar-refractivity contribution in [2.24, 2.45) is 0 Å². The molecule has 0 fully saturated rings. The lowest BCUT2D eigenvalue weighted by Crippen LogP contribution is -2.06. The highest BCUT2D eigenvalue weighted by molar-refractivity contribution is 6.97. The van der Waals surface area contributed by atoms with E-state index in [1.165, 1.54) is 10.5 Å². The molecule has 1 aromatic carbocycles. The summed E-state index contributed by atoms with van der Waals surface area (Å²) in [5, 5.41) is -2.28. The molecule has 4 nitrogen and oxygen atoms in total. The maximum atomic E-state index is 9.43. The Morgan fingerprint density at radius 2 is 1.39 bits per heavy atom. The van der Waals surface area contributed by atoms with E-state index < -0.39 is 10.5 Å². The molecule has 0 spiro atoms. The van der Waals surface area contributed by atoms with Gasteiger partial charge in [0.05, 0.1) is 0 Å². The van der Waals surface area contributed by atoms with Crippen molar-refractivity contribution in [2.75, 3.05) is 14.1 Å². The smallest absolute Gasteiger partial charge is 0.304 e. The highest BCUT2D eigenvalue weighted by Gasteiger charge is 2.01. The van der Waals surface area contributed by atoms with Crippen LogP contribution in [0.5, 0.6) is 0 Å². The van der Waals surface area contributed by atoms with Crippen LogP contribution in [-0.4, -0.2) is 35.9 Å². The molecule has 0 aliphatic heterocycles. The fourth-order valence-electron chi connectivity index (χ4n) is 0.534. The molecule has 6 heteroatoms. The Kier molecular flexibility index (Phi) is 12.7. The number of rotatable bonds is 2. The average Bonchev–Trinajstić information content (AvgIpc) is 2.31. The number of aryl methyl sites for hydroxylation is 1. The summed E-state index contributed by atoms with van der Waals surface area (Å²) >= 11 is 8.98. The molecule has 0 radical (unpaired) electrons. The lowest BCUT2D eigenvalue weighted by molar-refractivity contribution is -0.127. The van der Waals surface area contributed by atoms with Gasteiger partial charge in [0.2, 0.25) is 6.41 Å². The molecule has 0 aromatic heterocycles. The van der Waals surface area contributed by atoms with Crippen LogP contribution in [0.3, 0.4) is 0 Å². The fraction of sp³-hybridized carbons (Fsp3) is 0.250. The highest BCUT2D eigenvalue weighted by Crippen LogP contribution is 1.92. The third-order valence-corrected chi connectivity index (χ3v) is 1.75. The number of halogens is 2. The van der Waals surface area contributed by atoms with Gasteiger partial charge in [-0.3, -0.25) is 14.4 Å². The number of amides is 1. The third-order valence-electron chi connectivity index (χ3n) is 1.31. The molecular formula is C12H15Cl2NO3. The SMILES string of the molecule is CN(C)C=O.Cc1ccccc1.O=C(Cl)C(=O)Cl. The van der Waals surface area contributed by atoms with E-state index in [0.29, 0.717) is 0 Å². The average molecular weight is 292 g/mol. The van der Waals surface area contributed by atoms with Gasteiger partial charge >= 0.3 is 10.5 Å². The van der Waals surface area contributed by atoms with Gasteiger partial charge in [-0.2, -0.15) is 0 Å². The highest BCUT2D eigenvalue weighted by atomic mass is 35.5. The minimum atomic E-state index is -1.14. The monoisotopic (exact) mass is 291 g/mol. The normalized spacial score (nSPS) is 7.83. The predicted molar refractivity (Wildman–Crippen MR) is 72.7 cm³/mol. The largest absolute Gasteiger partial charge is 0.351 e. The second-order valence-corrected chi connectivity index (χ2v) is 3.96. The fourth-order valence-corrected chi connectivity index (χ4v) is 0.534. The number of hydrogen-bond acceptors (Lipinski definition) is 3. The molecule has 1 aromatic rings. The first-order valence-electron chi connectivity index (χ1n) is 4.84. The zero-order valence-corrected chi connectivity index (χ0v) is 11.9. The van der Waals surface area contributed by atoms with Gasteiger partial charge in [-0.1, -0.05) is 35.9 Å². The molecule has 0 bridgehead atoms. The topological polar surface area (TPSA) is 54.5 Å². The summed E-state index contributed by atoms with van der Waals surface area (Å²) in [6.45, 7) is 2.08. The minimum absolute atomic E-state index is 0.750. The van der Waals surface area contributed by atoms with Crippen LogP contribution in [0.1, 0.15) is 5.56 Å². The first-order valence-corrected chi connectivity index (χ1v) is 5.59. The molecule has 1 rings (SSSR count). The summed E-state index contributed by atoms with van der Waals surface area (Å²) in [6, 6.07) is 10.3. The van der Waals surface area contributed by atoms with Gasteiger partial charge in [0.15, 0.2) is 0 Å². The number of nitrogens with zero attached hydrogens (tertiary/aromatic N) is 1. The van der Waals surface area contributed by atoms with Gasteiger partial charge in [0, 0.05) is 14.1 Å². The maximum Gasteiger partial charge on any atom is 0.304 e. The Bertz CT molecular complexity index is 355. The van der Waals surface area contributed by atoms with E-state index in [1.807, 2.05) is 18.2 Å². The van der Waals surface area contributed by atoms with Crippen LogP contribution in [0.4, 0.5) is 0 Å². The van der Waals surface area contributed by atoms with Crippen LogP contribution in [-0.2, 0) is 14.4 Å². The summed E-state index contributed by atoms with van der Waals surface area (Å²) in [7, 11) is 3.38. The molecule has 0 atom stereocenters. The minimum Gasteiger partial charge on any atom is -0.351 e. The number of benzene rings is 1. The zero-order valence-electron chi connectivity index (χ0n) is 10.4. The van der Waals surface area contributed by atoms with Crippen LogP contribution in [0.2, 0.25) is 0 Å². The molecule has 0 N–H and O–H groups in total. The van der Waals surface area contributed by atoms with Crippen molar-refractivity contribution in [2.45, 2.75) is 6.92 Å². The van der Waals surface area contributed by atoms with Gasteiger partial charge in [-0.15, -0.1) is 0 Å². The Hall–Kier alpha value is -1.39. The molecule has 0 heterocycles. The summed E-state index contributed by atoms with van der Waals surface area (Å²) in [5.41, 5.74) is 1.32. The summed E-state index contributed by atoms with van der Waals surface area (Å²) in [4.78, 5) is 29.7. The Balaban J connectivity index is 0. The Labute approximate surface area is 116 Å². The first kappa shape index (κ1) is 19.0. The molecule has 0 aliphatic rings. The van der Waals surface area contributed by atoms with Gasteiger partial charge in [-0.05, 0) is 30.1 Å². The lowest BCUT2D eigenvalue weighted by atomic mass is 10.2. The van der Waals surface area contributed by atoms with Crippen molar-refractivity contribution < 1.29 is 14.4 Å². The van der Waals surface area contributed by atoms with Crippen molar-refractivity contribution in [3.05, 3.63) is 35.9 Å². The maximum absolute atomic E-state index is 9.43. The molecule has 0 saturated carbocycles. The lowest BCUT2D eigenvalue weighted by Gasteiger charge is -1.93.